The highest BCUT2D eigenvalue weighted by Crippen LogP contribution is 2.22. The summed E-state index contributed by atoms with van der Waals surface area (Å²) in [6.07, 6.45) is 0.527. The average molecular weight is 297 g/mol. The number of benzene rings is 2. The van der Waals surface area contributed by atoms with Crippen molar-refractivity contribution in [1.82, 2.24) is 0 Å². The molecule has 3 rings (SSSR count). The van der Waals surface area contributed by atoms with Crippen LogP contribution in [0.5, 0.6) is 0 Å². The second-order valence-corrected chi connectivity index (χ2v) is 5.48. The fourth-order valence-electron chi connectivity index (χ4n) is 2.61. The highest BCUT2D eigenvalue weighted by molar-refractivity contribution is 6.05. The van der Waals surface area contributed by atoms with Gasteiger partial charge in [-0.15, -0.1) is 0 Å². The van der Waals surface area contributed by atoms with Crippen LogP contribution in [0.15, 0.2) is 48.5 Å². The van der Waals surface area contributed by atoms with Gasteiger partial charge >= 0.3 is 0 Å². The standard InChI is InChI=1S/C17H19N3O2/c18-15-3-1-2-4-16(15)19-17(22)12-5-7-13(8-6-12)20-10-9-14(21)11-20/h1-8,14,21H,9-11,18H2,(H,19,22). The summed E-state index contributed by atoms with van der Waals surface area (Å²) in [5, 5.41) is 12.4. The Bertz CT molecular complexity index is 670. The molecular weight excluding hydrogens is 278 g/mol. The van der Waals surface area contributed by atoms with Crippen molar-refractivity contribution < 1.29 is 9.90 Å². The van der Waals surface area contributed by atoms with E-state index in [2.05, 4.69) is 10.2 Å². The molecule has 1 amide bonds. The Balaban J connectivity index is 1.70. The van der Waals surface area contributed by atoms with Crippen LogP contribution in [0.3, 0.4) is 0 Å². The number of para-hydroxylation sites is 2. The van der Waals surface area contributed by atoms with Crippen LogP contribution in [0.1, 0.15) is 16.8 Å². The monoisotopic (exact) mass is 297 g/mol. The van der Waals surface area contributed by atoms with Crippen molar-refractivity contribution in [2.45, 2.75) is 12.5 Å². The summed E-state index contributed by atoms with van der Waals surface area (Å²) in [5.74, 6) is -0.189. The molecule has 0 aromatic heterocycles. The number of nitrogens with two attached hydrogens (primary N) is 1. The fraction of sp³-hybridized carbons (Fsp3) is 0.235. The minimum absolute atomic E-state index is 0.189. The van der Waals surface area contributed by atoms with E-state index in [-0.39, 0.29) is 12.0 Å². The van der Waals surface area contributed by atoms with Gasteiger partial charge in [0.25, 0.3) is 5.91 Å². The van der Waals surface area contributed by atoms with Crippen LogP contribution in [0.2, 0.25) is 0 Å². The fourth-order valence-corrected chi connectivity index (χ4v) is 2.61. The molecule has 1 atom stereocenters. The molecule has 2 aromatic carbocycles. The Morgan fingerprint density at radius 3 is 2.55 bits per heavy atom. The normalized spacial score (nSPS) is 17.5. The Labute approximate surface area is 129 Å². The molecule has 1 aliphatic rings. The number of amides is 1. The molecule has 0 saturated carbocycles. The van der Waals surface area contributed by atoms with Gasteiger partial charge < -0.3 is 21.1 Å². The van der Waals surface area contributed by atoms with Crippen LogP contribution in [-0.4, -0.2) is 30.2 Å². The number of hydrogen-bond acceptors (Lipinski definition) is 4. The van der Waals surface area contributed by atoms with Crippen LogP contribution in [0.4, 0.5) is 17.1 Å². The molecule has 2 aromatic rings. The topological polar surface area (TPSA) is 78.6 Å². The first-order chi connectivity index (χ1) is 10.6. The van der Waals surface area contributed by atoms with Crippen LogP contribution < -0.4 is 16.0 Å². The molecule has 5 nitrogen and oxygen atoms in total. The molecule has 1 heterocycles. The molecule has 0 aliphatic carbocycles. The van der Waals surface area contributed by atoms with Gasteiger partial charge in [-0.2, -0.15) is 0 Å². The second-order valence-electron chi connectivity index (χ2n) is 5.48. The van der Waals surface area contributed by atoms with Crippen LogP contribution >= 0.6 is 0 Å². The number of aliphatic hydroxyl groups is 1. The van der Waals surface area contributed by atoms with Crippen molar-refractivity contribution in [3.05, 3.63) is 54.1 Å². The largest absolute Gasteiger partial charge is 0.397 e. The maximum Gasteiger partial charge on any atom is 0.255 e. The number of aliphatic hydroxyl groups excluding tert-OH is 1. The molecule has 5 heteroatoms. The number of rotatable bonds is 3. The number of nitrogen functional groups attached to an aromatic ring is 1. The van der Waals surface area contributed by atoms with Gasteiger partial charge in [0, 0.05) is 24.3 Å². The van der Waals surface area contributed by atoms with Gasteiger partial charge in [-0.25, -0.2) is 0 Å². The summed E-state index contributed by atoms with van der Waals surface area (Å²) in [4.78, 5) is 14.3. The highest BCUT2D eigenvalue weighted by atomic mass is 16.3. The van der Waals surface area contributed by atoms with Gasteiger partial charge in [-0.05, 0) is 42.8 Å². The zero-order valence-corrected chi connectivity index (χ0v) is 12.2. The van der Waals surface area contributed by atoms with E-state index >= 15 is 0 Å². The van der Waals surface area contributed by atoms with E-state index in [4.69, 9.17) is 5.73 Å². The third kappa shape index (κ3) is 3.04. The SMILES string of the molecule is Nc1ccccc1NC(=O)c1ccc(N2CCC(O)C2)cc1. The molecule has 0 spiro atoms. The van der Waals surface area contributed by atoms with E-state index < -0.39 is 0 Å². The van der Waals surface area contributed by atoms with E-state index in [0.29, 0.717) is 23.5 Å². The maximum absolute atomic E-state index is 12.2. The van der Waals surface area contributed by atoms with E-state index in [9.17, 15) is 9.90 Å². The number of β-amino-alcohol motifs (C(OH)–C–C–N with tert-alkyl or cyclic N) is 1. The number of anilines is 3. The molecule has 0 bridgehead atoms. The summed E-state index contributed by atoms with van der Waals surface area (Å²) < 4.78 is 0. The van der Waals surface area contributed by atoms with Gasteiger partial charge in [-0.1, -0.05) is 12.1 Å². The first kappa shape index (κ1) is 14.4. The molecule has 4 N–H and O–H groups in total. The predicted octanol–water partition coefficient (Wildman–Crippen LogP) is 2.09. The van der Waals surface area contributed by atoms with Crippen molar-refractivity contribution in [1.29, 1.82) is 0 Å². The minimum Gasteiger partial charge on any atom is -0.397 e. The van der Waals surface area contributed by atoms with E-state index in [1.165, 1.54) is 0 Å². The Hall–Kier alpha value is -2.53. The molecule has 114 valence electrons. The molecule has 1 fully saturated rings. The molecule has 1 aliphatic heterocycles. The number of carbonyl (C=O) groups excluding carboxylic acids is 1. The number of carbonyl (C=O) groups is 1. The van der Waals surface area contributed by atoms with Crippen molar-refractivity contribution in [3.63, 3.8) is 0 Å². The van der Waals surface area contributed by atoms with Gasteiger partial charge in [0.1, 0.15) is 0 Å². The van der Waals surface area contributed by atoms with E-state index in [1.54, 1.807) is 24.3 Å². The minimum atomic E-state index is -0.260. The zero-order chi connectivity index (χ0) is 15.5. The van der Waals surface area contributed by atoms with Crippen LogP contribution in [-0.2, 0) is 0 Å². The summed E-state index contributed by atoms with van der Waals surface area (Å²) in [6, 6.07) is 14.5. The number of nitrogens with one attached hydrogen (secondary N) is 1. The third-order valence-corrected chi connectivity index (χ3v) is 3.87. The zero-order valence-electron chi connectivity index (χ0n) is 12.2. The van der Waals surface area contributed by atoms with Crippen LogP contribution in [0, 0.1) is 0 Å². The summed E-state index contributed by atoms with van der Waals surface area (Å²) in [5.41, 5.74) is 8.57. The van der Waals surface area contributed by atoms with Crippen LogP contribution in [0.25, 0.3) is 0 Å². The number of hydrogen-bond donors (Lipinski definition) is 3. The van der Waals surface area contributed by atoms with Gasteiger partial charge in [0.05, 0.1) is 17.5 Å². The molecule has 1 unspecified atom stereocenters. The second kappa shape index (κ2) is 6.07. The molecule has 0 radical (unpaired) electrons. The summed E-state index contributed by atoms with van der Waals surface area (Å²) >= 11 is 0. The van der Waals surface area contributed by atoms with E-state index in [1.807, 2.05) is 24.3 Å². The lowest BCUT2D eigenvalue weighted by Gasteiger charge is -2.18. The third-order valence-electron chi connectivity index (χ3n) is 3.87. The Kier molecular flexibility index (Phi) is 3.98. The predicted molar refractivity (Wildman–Crippen MR) is 88.1 cm³/mol. The lowest BCUT2D eigenvalue weighted by molar-refractivity contribution is 0.102. The van der Waals surface area contributed by atoms with Crippen molar-refractivity contribution in [3.8, 4) is 0 Å². The molecule has 22 heavy (non-hydrogen) atoms. The molecular formula is C17H19N3O2. The lowest BCUT2D eigenvalue weighted by atomic mass is 10.1. The summed E-state index contributed by atoms with van der Waals surface area (Å²) in [7, 11) is 0. The van der Waals surface area contributed by atoms with Gasteiger partial charge in [-0.3, -0.25) is 4.79 Å². The highest BCUT2D eigenvalue weighted by Gasteiger charge is 2.20. The maximum atomic E-state index is 12.2. The quantitative estimate of drug-likeness (QED) is 0.758. The lowest BCUT2D eigenvalue weighted by Crippen LogP contribution is -2.21. The first-order valence-electron chi connectivity index (χ1n) is 7.32. The van der Waals surface area contributed by atoms with Crippen molar-refractivity contribution in [2.24, 2.45) is 0 Å². The Morgan fingerprint density at radius 2 is 1.91 bits per heavy atom. The number of nitrogens with zero attached hydrogens (tertiary/aromatic N) is 1. The smallest absolute Gasteiger partial charge is 0.255 e. The molecule has 1 saturated heterocycles. The van der Waals surface area contributed by atoms with Crippen molar-refractivity contribution in [2.75, 3.05) is 29.0 Å². The van der Waals surface area contributed by atoms with Gasteiger partial charge in [0.15, 0.2) is 0 Å². The van der Waals surface area contributed by atoms with Gasteiger partial charge in [0.2, 0.25) is 0 Å². The van der Waals surface area contributed by atoms with E-state index in [0.717, 1.165) is 18.7 Å². The summed E-state index contributed by atoms with van der Waals surface area (Å²) in [6.45, 7) is 1.49. The average Bonchev–Trinajstić information content (AvgIpc) is 2.96. The Morgan fingerprint density at radius 1 is 1.18 bits per heavy atom. The van der Waals surface area contributed by atoms with Crippen molar-refractivity contribution >= 4 is 23.0 Å². The first-order valence-corrected chi connectivity index (χ1v) is 7.32.